The zero-order chi connectivity index (χ0) is 14.8. The second-order valence-corrected chi connectivity index (χ2v) is 4.71. The Morgan fingerprint density at radius 1 is 1.55 bits per heavy atom. The number of carbonyl (C=O) groups excluding carboxylic acids is 1. The summed E-state index contributed by atoms with van der Waals surface area (Å²) in [6.45, 7) is 4.15. The van der Waals surface area contributed by atoms with Crippen LogP contribution in [0.5, 0.6) is 0 Å². The zero-order valence-corrected chi connectivity index (χ0v) is 12.1. The lowest BCUT2D eigenvalue weighted by Crippen LogP contribution is -2.33. The molecule has 0 bridgehead atoms. The average Bonchev–Trinajstić information content (AvgIpc) is 2.46. The van der Waals surface area contributed by atoms with Crippen LogP contribution in [0.4, 0.5) is 0 Å². The number of amides is 1. The second-order valence-electron chi connectivity index (χ2n) is 4.71. The van der Waals surface area contributed by atoms with Crippen molar-refractivity contribution in [2.24, 2.45) is 0 Å². The van der Waals surface area contributed by atoms with Gasteiger partial charge in [-0.25, -0.2) is 0 Å². The van der Waals surface area contributed by atoms with Crippen LogP contribution in [0.25, 0.3) is 0 Å². The van der Waals surface area contributed by atoms with Gasteiger partial charge in [-0.2, -0.15) is 0 Å². The molecule has 1 heterocycles. The minimum absolute atomic E-state index is 0.0167. The van der Waals surface area contributed by atoms with E-state index >= 15 is 0 Å². The smallest absolute Gasteiger partial charge is 0.252 e. The van der Waals surface area contributed by atoms with Gasteiger partial charge in [0.05, 0.1) is 17.7 Å². The lowest BCUT2D eigenvalue weighted by Gasteiger charge is -2.13. The van der Waals surface area contributed by atoms with E-state index < -0.39 is 0 Å². The molecule has 2 N–H and O–H groups in total. The number of unbranched alkanes of at least 4 members (excludes halogenated alkanes) is 1. The molecule has 4 nitrogen and oxygen atoms in total. The number of aliphatic hydroxyl groups excluding tert-OH is 1. The van der Waals surface area contributed by atoms with Gasteiger partial charge < -0.3 is 10.4 Å². The monoisotopic (exact) mass is 274 g/mol. The van der Waals surface area contributed by atoms with Crippen LogP contribution in [0.15, 0.2) is 18.5 Å². The Morgan fingerprint density at radius 2 is 2.35 bits per heavy atom. The van der Waals surface area contributed by atoms with E-state index in [4.69, 9.17) is 5.11 Å². The van der Waals surface area contributed by atoms with E-state index in [1.54, 1.807) is 18.5 Å². The summed E-state index contributed by atoms with van der Waals surface area (Å²) in [4.78, 5) is 16.2. The first-order valence-electron chi connectivity index (χ1n) is 7.03. The van der Waals surface area contributed by atoms with Crippen molar-refractivity contribution in [1.82, 2.24) is 10.3 Å². The van der Waals surface area contributed by atoms with Gasteiger partial charge in [-0.1, -0.05) is 31.6 Å². The van der Waals surface area contributed by atoms with E-state index in [1.165, 1.54) is 0 Å². The summed E-state index contributed by atoms with van der Waals surface area (Å²) in [5, 5.41) is 11.7. The summed E-state index contributed by atoms with van der Waals surface area (Å²) >= 11 is 0. The zero-order valence-electron chi connectivity index (χ0n) is 12.1. The summed E-state index contributed by atoms with van der Waals surface area (Å²) in [7, 11) is 0. The molecule has 0 fully saturated rings. The molecule has 108 valence electrons. The van der Waals surface area contributed by atoms with Crippen molar-refractivity contribution in [3.63, 3.8) is 0 Å². The van der Waals surface area contributed by atoms with Crippen molar-refractivity contribution >= 4 is 5.91 Å². The number of aromatic nitrogens is 1. The maximum atomic E-state index is 12.2. The van der Waals surface area contributed by atoms with Crippen LogP contribution in [0, 0.1) is 11.8 Å². The molecule has 0 aromatic carbocycles. The molecule has 0 saturated heterocycles. The fraction of sp³-hybridized carbons (Fsp3) is 0.500. The Hall–Kier alpha value is -1.86. The molecule has 4 heteroatoms. The van der Waals surface area contributed by atoms with E-state index in [1.807, 2.05) is 6.92 Å². The molecule has 1 amide bonds. The number of rotatable bonds is 6. The van der Waals surface area contributed by atoms with Gasteiger partial charge in [0.25, 0.3) is 5.91 Å². The van der Waals surface area contributed by atoms with Crippen molar-refractivity contribution in [2.75, 3.05) is 6.61 Å². The standard InChI is InChI=1S/C16H22N2O2/c1-3-4-7-13(2)18-16(20)15-9-10-17-12-14(15)8-5-6-11-19/h9-10,12-13,19H,3-4,6-7,11H2,1-2H3,(H,18,20). The predicted octanol–water partition coefficient (Wildman–Crippen LogP) is 2.12. The quantitative estimate of drug-likeness (QED) is 0.781. The van der Waals surface area contributed by atoms with Crippen LogP contribution in [0.2, 0.25) is 0 Å². The largest absolute Gasteiger partial charge is 0.395 e. The molecule has 1 aromatic rings. The number of nitrogens with zero attached hydrogens (tertiary/aromatic N) is 1. The van der Waals surface area contributed by atoms with Crippen LogP contribution < -0.4 is 5.32 Å². The van der Waals surface area contributed by atoms with Gasteiger partial charge in [-0.15, -0.1) is 0 Å². The molecule has 20 heavy (non-hydrogen) atoms. The molecule has 0 aliphatic carbocycles. The first-order valence-corrected chi connectivity index (χ1v) is 7.03. The van der Waals surface area contributed by atoms with E-state index in [2.05, 4.69) is 29.1 Å². The Morgan fingerprint density at radius 3 is 3.05 bits per heavy atom. The molecule has 0 aliphatic heterocycles. The van der Waals surface area contributed by atoms with Gasteiger partial charge >= 0.3 is 0 Å². The molecule has 0 saturated carbocycles. The maximum absolute atomic E-state index is 12.2. The molecule has 0 aliphatic rings. The summed E-state index contributed by atoms with van der Waals surface area (Å²) in [5.41, 5.74) is 1.13. The average molecular weight is 274 g/mol. The third-order valence-corrected chi connectivity index (χ3v) is 2.89. The van der Waals surface area contributed by atoms with Crippen LogP contribution in [0.1, 0.15) is 55.5 Å². The third kappa shape index (κ3) is 5.41. The highest BCUT2D eigenvalue weighted by Gasteiger charge is 2.12. The van der Waals surface area contributed by atoms with Crippen molar-refractivity contribution in [2.45, 2.75) is 45.6 Å². The highest BCUT2D eigenvalue weighted by Crippen LogP contribution is 2.07. The highest BCUT2D eigenvalue weighted by atomic mass is 16.2. The van der Waals surface area contributed by atoms with E-state index in [-0.39, 0.29) is 18.6 Å². The Balaban J connectivity index is 2.75. The number of aliphatic hydroxyl groups is 1. The first-order chi connectivity index (χ1) is 9.69. The van der Waals surface area contributed by atoms with Gasteiger partial charge in [-0.3, -0.25) is 9.78 Å². The second kappa shape index (κ2) is 9.11. The maximum Gasteiger partial charge on any atom is 0.252 e. The van der Waals surface area contributed by atoms with Crippen LogP contribution in [-0.4, -0.2) is 28.6 Å². The number of nitrogens with one attached hydrogen (secondary N) is 1. The third-order valence-electron chi connectivity index (χ3n) is 2.89. The fourth-order valence-electron chi connectivity index (χ4n) is 1.79. The summed E-state index contributed by atoms with van der Waals surface area (Å²) in [6.07, 6.45) is 6.74. The molecule has 1 aromatic heterocycles. The van der Waals surface area contributed by atoms with Gasteiger partial charge in [0.1, 0.15) is 0 Å². The lowest BCUT2D eigenvalue weighted by molar-refractivity contribution is 0.0937. The SMILES string of the molecule is CCCCC(C)NC(=O)c1ccncc1C#CCCO. The predicted molar refractivity (Wildman–Crippen MR) is 79.3 cm³/mol. The molecular formula is C16H22N2O2. The van der Waals surface area contributed by atoms with Crippen molar-refractivity contribution in [1.29, 1.82) is 0 Å². The Labute approximate surface area is 120 Å². The fourth-order valence-corrected chi connectivity index (χ4v) is 1.79. The van der Waals surface area contributed by atoms with Crippen LogP contribution >= 0.6 is 0 Å². The van der Waals surface area contributed by atoms with Crippen LogP contribution in [-0.2, 0) is 0 Å². The molecule has 1 rings (SSSR count). The number of hydrogen-bond acceptors (Lipinski definition) is 3. The summed E-state index contributed by atoms with van der Waals surface area (Å²) in [5.74, 6) is 5.57. The molecule has 1 atom stereocenters. The topological polar surface area (TPSA) is 62.2 Å². The Bertz CT molecular complexity index is 489. The normalized spacial score (nSPS) is 11.3. The van der Waals surface area contributed by atoms with Crippen molar-refractivity contribution < 1.29 is 9.90 Å². The number of hydrogen-bond donors (Lipinski definition) is 2. The Kier molecular flexibility index (Phi) is 7.38. The van der Waals surface area contributed by atoms with E-state index in [9.17, 15) is 4.79 Å². The summed E-state index contributed by atoms with van der Waals surface area (Å²) < 4.78 is 0. The number of carbonyl (C=O) groups is 1. The van der Waals surface area contributed by atoms with Gasteiger partial charge in [0, 0.05) is 24.9 Å². The number of pyridine rings is 1. The van der Waals surface area contributed by atoms with Crippen LogP contribution in [0.3, 0.4) is 0 Å². The molecular weight excluding hydrogens is 252 g/mol. The molecule has 0 spiro atoms. The lowest BCUT2D eigenvalue weighted by atomic mass is 10.1. The first kappa shape index (κ1) is 16.2. The van der Waals surface area contributed by atoms with E-state index in [0.29, 0.717) is 17.5 Å². The van der Waals surface area contributed by atoms with Gasteiger partial charge in [0.2, 0.25) is 0 Å². The van der Waals surface area contributed by atoms with Gasteiger partial charge in [-0.05, 0) is 19.4 Å². The highest BCUT2D eigenvalue weighted by molar-refractivity contribution is 5.96. The molecule has 1 unspecified atom stereocenters. The van der Waals surface area contributed by atoms with Crippen molar-refractivity contribution in [3.05, 3.63) is 29.6 Å². The summed E-state index contributed by atoms with van der Waals surface area (Å²) in [6, 6.07) is 1.82. The van der Waals surface area contributed by atoms with E-state index in [0.717, 1.165) is 19.3 Å². The molecule has 0 radical (unpaired) electrons. The minimum Gasteiger partial charge on any atom is -0.395 e. The van der Waals surface area contributed by atoms with Gasteiger partial charge in [0.15, 0.2) is 0 Å². The van der Waals surface area contributed by atoms with Crippen molar-refractivity contribution in [3.8, 4) is 11.8 Å². The minimum atomic E-state index is -0.121.